The van der Waals surface area contributed by atoms with E-state index < -0.39 is 6.17 Å². The first kappa shape index (κ1) is 11.0. The summed E-state index contributed by atoms with van der Waals surface area (Å²) in [5.41, 5.74) is 0. The van der Waals surface area contributed by atoms with Crippen molar-refractivity contribution in [1.29, 1.82) is 0 Å². The third-order valence-corrected chi connectivity index (χ3v) is 2.06. The van der Waals surface area contributed by atoms with Gasteiger partial charge in [-0.1, -0.05) is 6.08 Å². The second-order valence-corrected chi connectivity index (χ2v) is 3.26. The van der Waals surface area contributed by atoms with E-state index in [9.17, 15) is 8.78 Å². The molecule has 0 saturated carbocycles. The molecule has 0 aromatic heterocycles. The Morgan fingerprint density at radius 3 is 2.82 bits per heavy atom. The monoisotopic (exact) mass is 179 g/mol. The van der Waals surface area contributed by atoms with Gasteiger partial charge in [0.1, 0.15) is 6.17 Å². The van der Waals surface area contributed by atoms with Gasteiger partial charge in [0.2, 0.25) is 0 Å². The van der Waals surface area contributed by atoms with Crippen LogP contribution in [0.25, 0.3) is 0 Å². The number of allylic oxidation sites excluding steroid dienone is 1. The molecule has 0 aromatic rings. The van der Waals surface area contributed by atoms with E-state index >= 15 is 0 Å². The zero-order valence-corrected chi connectivity index (χ0v) is 7.25. The minimum atomic E-state index is -0.821. The van der Waals surface area contributed by atoms with Crippen molar-refractivity contribution in [2.45, 2.75) is 19.0 Å². The topological polar surface area (TPSA) is 0 Å². The molecule has 0 spiro atoms. The lowest BCUT2D eigenvalue weighted by atomic mass is 10.2. The molecule has 0 fully saturated rings. The number of thioether (sulfide) groups is 1. The molecule has 0 aliphatic carbocycles. The van der Waals surface area contributed by atoms with Gasteiger partial charge >= 0.3 is 0 Å². The van der Waals surface area contributed by atoms with Crippen LogP contribution in [0, 0.1) is 6.92 Å². The zero-order valence-electron chi connectivity index (χ0n) is 6.43. The Kier molecular flexibility index (Phi) is 8.01. The maximum Gasteiger partial charge on any atom is 0.109 e. The number of hydrogen-bond acceptors (Lipinski definition) is 1. The molecule has 0 saturated heterocycles. The van der Waals surface area contributed by atoms with Gasteiger partial charge in [0.25, 0.3) is 0 Å². The fourth-order valence-electron chi connectivity index (χ4n) is 0.635. The summed E-state index contributed by atoms with van der Waals surface area (Å²) in [5.74, 6) is 1.17. The minimum absolute atomic E-state index is 0.410. The number of hydrogen-bond donors (Lipinski definition) is 0. The highest BCUT2D eigenvalue weighted by Gasteiger charge is 2.03. The van der Waals surface area contributed by atoms with Gasteiger partial charge in [-0.2, -0.15) is 11.8 Å². The summed E-state index contributed by atoms with van der Waals surface area (Å²) in [7, 11) is 0. The van der Waals surface area contributed by atoms with E-state index in [1.54, 1.807) is 0 Å². The van der Waals surface area contributed by atoms with E-state index in [1.807, 2.05) is 0 Å². The fraction of sp³-hybridized carbons (Fsp3) is 0.625. The van der Waals surface area contributed by atoms with Crippen LogP contribution < -0.4 is 0 Å². The average Bonchev–Trinajstić information content (AvgIpc) is 2.01. The molecule has 0 aromatic carbocycles. The minimum Gasteiger partial charge on any atom is -0.247 e. The molecule has 0 amide bonds. The van der Waals surface area contributed by atoms with E-state index in [1.165, 1.54) is 17.8 Å². The Labute approximate surface area is 71.1 Å². The number of halogens is 2. The van der Waals surface area contributed by atoms with Crippen LogP contribution in [0.2, 0.25) is 0 Å². The van der Waals surface area contributed by atoms with E-state index in [-0.39, 0.29) is 0 Å². The van der Waals surface area contributed by atoms with Crippen LogP contribution in [0.15, 0.2) is 12.4 Å². The molecule has 11 heavy (non-hydrogen) atoms. The summed E-state index contributed by atoms with van der Waals surface area (Å²) in [6.45, 7) is 3.58. The van der Waals surface area contributed by atoms with E-state index in [4.69, 9.17) is 0 Å². The van der Waals surface area contributed by atoms with Crippen LogP contribution in [-0.4, -0.2) is 17.7 Å². The van der Waals surface area contributed by atoms with Gasteiger partial charge in [0.15, 0.2) is 0 Å². The summed E-state index contributed by atoms with van der Waals surface area (Å²) in [6, 6.07) is 0. The smallest absolute Gasteiger partial charge is 0.109 e. The van der Waals surface area contributed by atoms with Crippen molar-refractivity contribution in [3.05, 3.63) is 19.3 Å². The molecular weight excluding hydrogens is 166 g/mol. The molecule has 3 heteroatoms. The van der Waals surface area contributed by atoms with Crippen LogP contribution in [0.1, 0.15) is 12.8 Å². The molecule has 1 radical (unpaired) electrons. The Morgan fingerprint density at radius 2 is 2.27 bits per heavy atom. The Balaban J connectivity index is 3.15. The summed E-state index contributed by atoms with van der Waals surface area (Å²) in [5, 5.41) is 0. The summed E-state index contributed by atoms with van der Waals surface area (Å²) >= 11 is 1.47. The second-order valence-electron chi connectivity index (χ2n) is 2.11. The fourth-order valence-corrected chi connectivity index (χ4v) is 1.22. The van der Waals surface area contributed by atoms with Gasteiger partial charge in [-0.15, -0.1) is 0 Å². The standard InChI is InChI=1S/C8H13F2S/c1-2-11-7-8(10)5-3-4-6-9/h4,6,8H,1-3,5,7H2. The lowest BCUT2D eigenvalue weighted by molar-refractivity contribution is 0.349. The molecule has 0 rings (SSSR count). The number of alkyl halides is 1. The van der Waals surface area contributed by atoms with Gasteiger partial charge < -0.3 is 0 Å². The first-order chi connectivity index (χ1) is 5.31. The van der Waals surface area contributed by atoms with Gasteiger partial charge in [0.05, 0.1) is 6.33 Å². The lowest BCUT2D eigenvalue weighted by Gasteiger charge is -2.03. The second kappa shape index (κ2) is 8.05. The Hall–Kier alpha value is -0.0500. The SMILES string of the molecule is [CH2]CSCC(F)CCC=CF. The molecule has 0 aliphatic rings. The third kappa shape index (κ3) is 7.85. The molecule has 0 N–H and O–H groups in total. The maximum atomic E-state index is 12.7. The lowest BCUT2D eigenvalue weighted by Crippen LogP contribution is -2.02. The van der Waals surface area contributed by atoms with Crippen molar-refractivity contribution in [3.8, 4) is 0 Å². The normalized spacial score (nSPS) is 14.1. The predicted molar refractivity (Wildman–Crippen MR) is 47.1 cm³/mol. The first-order valence-electron chi connectivity index (χ1n) is 3.57. The molecule has 65 valence electrons. The molecular formula is C8H13F2S. The Morgan fingerprint density at radius 1 is 1.55 bits per heavy atom. The van der Waals surface area contributed by atoms with Crippen molar-refractivity contribution < 1.29 is 8.78 Å². The van der Waals surface area contributed by atoms with Crippen molar-refractivity contribution in [3.63, 3.8) is 0 Å². The molecule has 1 atom stereocenters. The van der Waals surface area contributed by atoms with E-state index in [2.05, 4.69) is 6.92 Å². The average molecular weight is 179 g/mol. The van der Waals surface area contributed by atoms with Crippen LogP contribution in [0.5, 0.6) is 0 Å². The maximum absolute atomic E-state index is 12.7. The summed E-state index contributed by atoms with van der Waals surface area (Å²) in [4.78, 5) is 0. The van der Waals surface area contributed by atoms with Crippen LogP contribution in [-0.2, 0) is 0 Å². The highest BCUT2D eigenvalue weighted by atomic mass is 32.2. The third-order valence-electron chi connectivity index (χ3n) is 1.18. The van der Waals surface area contributed by atoms with Gasteiger partial charge in [-0.05, 0) is 25.5 Å². The van der Waals surface area contributed by atoms with Crippen molar-refractivity contribution >= 4 is 11.8 Å². The number of rotatable bonds is 6. The molecule has 0 nitrogen and oxygen atoms in total. The first-order valence-corrected chi connectivity index (χ1v) is 4.73. The van der Waals surface area contributed by atoms with Crippen LogP contribution in [0.4, 0.5) is 8.78 Å². The summed E-state index contributed by atoms with van der Waals surface area (Å²) in [6.07, 6.45) is 1.86. The predicted octanol–water partition coefficient (Wildman–Crippen LogP) is 3.16. The molecule has 0 bridgehead atoms. The quantitative estimate of drug-likeness (QED) is 0.603. The molecule has 0 aliphatic heterocycles. The van der Waals surface area contributed by atoms with Gasteiger partial charge in [0, 0.05) is 5.75 Å². The van der Waals surface area contributed by atoms with Crippen molar-refractivity contribution in [1.82, 2.24) is 0 Å². The Bertz CT molecular complexity index is 104. The van der Waals surface area contributed by atoms with E-state index in [0.29, 0.717) is 30.7 Å². The van der Waals surface area contributed by atoms with Gasteiger partial charge in [-0.3, -0.25) is 0 Å². The molecule has 1 unspecified atom stereocenters. The van der Waals surface area contributed by atoms with E-state index in [0.717, 1.165) is 0 Å². The van der Waals surface area contributed by atoms with Crippen molar-refractivity contribution in [2.75, 3.05) is 11.5 Å². The zero-order chi connectivity index (χ0) is 8.53. The highest BCUT2D eigenvalue weighted by molar-refractivity contribution is 7.99. The van der Waals surface area contributed by atoms with Crippen LogP contribution in [0.3, 0.4) is 0 Å². The van der Waals surface area contributed by atoms with Crippen molar-refractivity contribution in [2.24, 2.45) is 0 Å². The molecule has 0 heterocycles. The highest BCUT2D eigenvalue weighted by Crippen LogP contribution is 2.10. The van der Waals surface area contributed by atoms with Crippen LogP contribution >= 0.6 is 11.8 Å². The van der Waals surface area contributed by atoms with Gasteiger partial charge in [-0.25, -0.2) is 8.78 Å². The summed E-state index contributed by atoms with van der Waals surface area (Å²) < 4.78 is 24.1. The largest absolute Gasteiger partial charge is 0.247 e.